The third-order valence-electron chi connectivity index (χ3n) is 3.22. The van der Waals surface area contributed by atoms with Gasteiger partial charge in [0.1, 0.15) is 0 Å². The number of aromatic amines is 1. The Hall–Kier alpha value is -2.15. The topological polar surface area (TPSA) is 76.0 Å². The molecule has 1 aliphatic heterocycles. The van der Waals surface area contributed by atoms with Crippen LogP contribution in [-0.4, -0.2) is 50.5 Å². The lowest BCUT2D eigenvalue weighted by Gasteiger charge is -2.34. The van der Waals surface area contributed by atoms with Crippen molar-refractivity contribution in [1.82, 2.24) is 24.9 Å². The van der Waals surface area contributed by atoms with E-state index in [1.807, 2.05) is 6.07 Å². The fraction of sp³-hybridized carbons (Fsp3) is 0.417. The molecule has 0 radical (unpaired) electrons. The molecular formula is C12H15N5O2. The van der Waals surface area contributed by atoms with Gasteiger partial charge in [0.05, 0.1) is 36.7 Å². The second-order valence-electron chi connectivity index (χ2n) is 4.50. The van der Waals surface area contributed by atoms with Crippen molar-refractivity contribution in [2.45, 2.75) is 6.04 Å². The molecule has 3 rings (SSSR count). The molecule has 0 saturated carbocycles. The minimum atomic E-state index is -0.121. The van der Waals surface area contributed by atoms with E-state index >= 15 is 0 Å². The summed E-state index contributed by atoms with van der Waals surface area (Å²) in [5, 5.41) is 10.9. The van der Waals surface area contributed by atoms with Gasteiger partial charge in [-0.05, 0) is 6.07 Å². The summed E-state index contributed by atoms with van der Waals surface area (Å²) in [6, 6.07) is 1.74. The molecule has 2 aromatic rings. The minimum Gasteiger partial charge on any atom is -0.377 e. The van der Waals surface area contributed by atoms with Crippen LogP contribution in [0.3, 0.4) is 0 Å². The molecule has 1 amide bonds. The number of hydrogen-bond acceptors (Lipinski definition) is 4. The van der Waals surface area contributed by atoms with Crippen molar-refractivity contribution in [1.29, 1.82) is 0 Å². The highest BCUT2D eigenvalue weighted by atomic mass is 16.5. The molecule has 1 saturated heterocycles. The zero-order chi connectivity index (χ0) is 13.2. The molecule has 1 fully saturated rings. The predicted octanol–water partition coefficient (Wildman–Crippen LogP) is 0.357. The van der Waals surface area contributed by atoms with E-state index in [2.05, 4.69) is 15.3 Å². The Kier molecular flexibility index (Phi) is 3.04. The van der Waals surface area contributed by atoms with Crippen LogP contribution in [0.25, 0.3) is 0 Å². The molecule has 3 heterocycles. The van der Waals surface area contributed by atoms with E-state index in [4.69, 9.17) is 4.74 Å². The number of aromatic nitrogens is 4. The van der Waals surface area contributed by atoms with Crippen molar-refractivity contribution in [3.8, 4) is 0 Å². The van der Waals surface area contributed by atoms with Crippen molar-refractivity contribution < 1.29 is 9.53 Å². The summed E-state index contributed by atoms with van der Waals surface area (Å²) in [6.45, 7) is 1.60. The maximum atomic E-state index is 12.5. The van der Waals surface area contributed by atoms with Gasteiger partial charge in [-0.1, -0.05) is 0 Å². The van der Waals surface area contributed by atoms with E-state index in [0.29, 0.717) is 25.3 Å². The van der Waals surface area contributed by atoms with Crippen LogP contribution in [0.2, 0.25) is 0 Å². The van der Waals surface area contributed by atoms with Gasteiger partial charge in [-0.3, -0.25) is 14.6 Å². The SMILES string of the molecule is Cn1cc(C(=O)N2CCOC[C@H]2c2ccn[nH]2)cn1. The molecule has 7 heteroatoms. The molecule has 0 bridgehead atoms. The Morgan fingerprint density at radius 3 is 3.16 bits per heavy atom. The average molecular weight is 261 g/mol. The van der Waals surface area contributed by atoms with Crippen LogP contribution in [0.15, 0.2) is 24.7 Å². The van der Waals surface area contributed by atoms with Crippen molar-refractivity contribution in [3.63, 3.8) is 0 Å². The highest BCUT2D eigenvalue weighted by molar-refractivity contribution is 5.94. The van der Waals surface area contributed by atoms with Crippen molar-refractivity contribution in [2.24, 2.45) is 7.05 Å². The Morgan fingerprint density at radius 1 is 1.58 bits per heavy atom. The van der Waals surface area contributed by atoms with Crippen LogP contribution in [0.5, 0.6) is 0 Å². The van der Waals surface area contributed by atoms with Crippen LogP contribution < -0.4 is 0 Å². The van der Waals surface area contributed by atoms with Gasteiger partial charge in [-0.2, -0.15) is 10.2 Å². The quantitative estimate of drug-likeness (QED) is 0.846. The van der Waals surface area contributed by atoms with Crippen molar-refractivity contribution >= 4 is 5.91 Å². The predicted molar refractivity (Wildman–Crippen MR) is 66.4 cm³/mol. The zero-order valence-electron chi connectivity index (χ0n) is 10.6. The van der Waals surface area contributed by atoms with E-state index in [9.17, 15) is 4.79 Å². The molecule has 19 heavy (non-hydrogen) atoms. The van der Waals surface area contributed by atoms with Crippen molar-refractivity contribution in [3.05, 3.63) is 35.9 Å². The van der Waals surface area contributed by atoms with Crippen LogP contribution in [-0.2, 0) is 11.8 Å². The molecule has 100 valence electrons. The number of carbonyl (C=O) groups is 1. The highest BCUT2D eigenvalue weighted by Gasteiger charge is 2.30. The first-order valence-electron chi connectivity index (χ1n) is 6.12. The zero-order valence-corrected chi connectivity index (χ0v) is 10.6. The summed E-state index contributed by atoms with van der Waals surface area (Å²) >= 11 is 0. The summed E-state index contributed by atoms with van der Waals surface area (Å²) < 4.78 is 7.09. The summed E-state index contributed by atoms with van der Waals surface area (Å²) in [7, 11) is 1.79. The van der Waals surface area contributed by atoms with E-state index in [0.717, 1.165) is 5.69 Å². The fourth-order valence-corrected chi connectivity index (χ4v) is 2.25. The number of nitrogens with one attached hydrogen (secondary N) is 1. The van der Waals surface area contributed by atoms with E-state index in [1.54, 1.807) is 35.2 Å². The Balaban J connectivity index is 1.86. The van der Waals surface area contributed by atoms with Crippen LogP contribution >= 0.6 is 0 Å². The molecule has 1 aliphatic rings. The second kappa shape index (κ2) is 4.85. The normalized spacial score (nSPS) is 19.6. The standard InChI is InChI=1S/C12H15N5O2/c1-16-7-9(6-14-16)12(18)17-4-5-19-8-11(17)10-2-3-13-15-10/h2-3,6-7,11H,4-5,8H2,1H3,(H,13,15)/t11-/m0/s1. The first-order valence-corrected chi connectivity index (χ1v) is 6.12. The molecule has 1 N–H and O–H groups in total. The van der Waals surface area contributed by atoms with E-state index in [1.165, 1.54) is 0 Å². The maximum absolute atomic E-state index is 12.5. The lowest BCUT2D eigenvalue weighted by Crippen LogP contribution is -2.43. The fourth-order valence-electron chi connectivity index (χ4n) is 2.25. The van der Waals surface area contributed by atoms with Gasteiger partial charge >= 0.3 is 0 Å². The molecular weight excluding hydrogens is 246 g/mol. The largest absolute Gasteiger partial charge is 0.377 e. The van der Waals surface area contributed by atoms with E-state index < -0.39 is 0 Å². The number of carbonyl (C=O) groups excluding carboxylic acids is 1. The average Bonchev–Trinajstić information content (AvgIpc) is 3.09. The first-order chi connectivity index (χ1) is 9.25. The molecule has 0 unspecified atom stereocenters. The Labute approximate surface area is 110 Å². The van der Waals surface area contributed by atoms with Gasteiger partial charge in [-0.15, -0.1) is 0 Å². The number of ether oxygens (including phenoxy) is 1. The lowest BCUT2D eigenvalue weighted by molar-refractivity contribution is -0.00391. The second-order valence-corrected chi connectivity index (χ2v) is 4.50. The summed E-state index contributed by atoms with van der Waals surface area (Å²) in [5.74, 6) is -0.0315. The van der Waals surface area contributed by atoms with Gasteiger partial charge in [0, 0.05) is 26.0 Å². The number of amides is 1. The minimum absolute atomic E-state index is 0.0315. The van der Waals surface area contributed by atoms with Gasteiger partial charge in [-0.25, -0.2) is 0 Å². The van der Waals surface area contributed by atoms with Crippen LogP contribution in [0.1, 0.15) is 22.1 Å². The number of aryl methyl sites for hydroxylation is 1. The summed E-state index contributed by atoms with van der Waals surface area (Å²) in [5.41, 5.74) is 1.48. The number of hydrogen-bond donors (Lipinski definition) is 1. The molecule has 0 spiro atoms. The number of rotatable bonds is 2. The Bertz CT molecular complexity index is 562. The smallest absolute Gasteiger partial charge is 0.257 e. The van der Waals surface area contributed by atoms with Gasteiger partial charge < -0.3 is 9.64 Å². The summed E-state index contributed by atoms with van der Waals surface area (Å²) in [6.07, 6.45) is 4.99. The number of morpholine rings is 1. The Morgan fingerprint density at radius 2 is 2.47 bits per heavy atom. The lowest BCUT2D eigenvalue weighted by atomic mass is 10.1. The summed E-state index contributed by atoms with van der Waals surface area (Å²) in [4.78, 5) is 14.3. The molecule has 0 aliphatic carbocycles. The van der Waals surface area contributed by atoms with Crippen LogP contribution in [0.4, 0.5) is 0 Å². The van der Waals surface area contributed by atoms with Crippen LogP contribution in [0, 0.1) is 0 Å². The number of H-pyrrole nitrogens is 1. The molecule has 0 aromatic carbocycles. The van der Waals surface area contributed by atoms with Gasteiger partial charge in [0.15, 0.2) is 0 Å². The third kappa shape index (κ3) is 2.24. The third-order valence-corrected chi connectivity index (χ3v) is 3.22. The van der Waals surface area contributed by atoms with Gasteiger partial charge in [0.2, 0.25) is 0 Å². The highest BCUT2D eigenvalue weighted by Crippen LogP contribution is 2.24. The first kappa shape index (κ1) is 11.9. The van der Waals surface area contributed by atoms with E-state index in [-0.39, 0.29) is 11.9 Å². The van der Waals surface area contributed by atoms with Gasteiger partial charge in [0.25, 0.3) is 5.91 Å². The molecule has 1 atom stereocenters. The molecule has 7 nitrogen and oxygen atoms in total. The number of nitrogens with zero attached hydrogens (tertiary/aromatic N) is 4. The molecule has 2 aromatic heterocycles. The van der Waals surface area contributed by atoms with Crippen molar-refractivity contribution in [2.75, 3.05) is 19.8 Å². The monoisotopic (exact) mass is 261 g/mol. The maximum Gasteiger partial charge on any atom is 0.257 e.